The maximum absolute atomic E-state index is 11.8. The quantitative estimate of drug-likeness (QED) is 0.937. The second kappa shape index (κ2) is 5.42. The van der Waals surface area contributed by atoms with Crippen LogP contribution in [0.25, 0.3) is 0 Å². The van der Waals surface area contributed by atoms with E-state index in [9.17, 15) is 4.79 Å². The van der Waals surface area contributed by atoms with Gasteiger partial charge in [0.05, 0.1) is 11.0 Å². The molecular weight excluding hydrogens is 304 g/mol. The van der Waals surface area contributed by atoms with E-state index in [2.05, 4.69) is 30.8 Å². The third-order valence-corrected chi connectivity index (χ3v) is 3.52. The Hall–Kier alpha value is -1.21. The number of nitrogens with one attached hydrogen (secondary N) is 1. The lowest BCUT2D eigenvalue weighted by Gasteiger charge is -2.05. The van der Waals surface area contributed by atoms with Gasteiger partial charge >= 0.3 is 0 Å². The number of hydrogen-bond donors (Lipinski definition) is 1. The predicted octanol–water partition coefficient (Wildman–Crippen LogP) is 1.94. The fourth-order valence-electron chi connectivity index (χ4n) is 1.40. The molecule has 17 heavy (non-hydrogen) atoms. The molecule has 0 saturated carbocycles. The van der Waals surface area contributed by atoms with Crippen molar-refractivity contribution in [2.24, 2.45) is 0 Å². The molecule has 2 rings (SSSR count). The van der Waals surface area contributed by atoms with Crippen molar-refractivity contribution >= 4 is 32.5 Å². The average molecular weight is 315 g/mol. The molecule has 0 spiro atoms. The number of anilines is 1. The molecule has 0 bridgehead atoms. The van der Waals surface area contributed by atoms with Gasteiger partial charge in [0.25, 0.3) is 5.56 Å². The van der Waals surface area contributed by atoms with E-state index in [0.717, 1.165) is 17.2 Å². The summed E-state index contributed by atoms with van der Waals surface area (Å²) < 4.78 is 6.04. The third kappa shape index (κ3) is 2.73. The first kappa shape index (κ1) is 12.3. The highest BCUT2D eigenvalue weighted by atomic mass is 79.9. The Morgan fingerprint density at radius 3 is 3.18 bits per heavy atom. The summed E-state index contributed by atoms with van der Waals surface area (Å²) in [4.78, 5) is 11.8. The number of pyridine rings is 1. The molecule has 5 nitrogen and oxygen atoms in total. The molecule has 0 aliphatic carbocycles. The van der Waals surface area contributed by atoms with E-state index < -0.39 is 0 Å². The first-order valence-electron chi connectivity index (χ1n) is 5.12. The Balaban J connectivity index is 2.28. The first-order valence-corrected chi connectivity index (χ1v) is 6.69. The minimum atomic E-state index is -0.0667. The monoisotopic (exact) mass is 314 g/mol. The molecule has 2 aromatic rings. The smallest absolute Gasteiger partial charge is 0.265 e. The van der Waals surface area contributed by atoms with Crippen LogP contribution >= 0.6 is 27.5 Å². The SMILES string of the molecule is CCNc1snnc1Cn1cccc(Br)c1=O. The zero-order valence-electron chi connectivity index (χ0n) is 9.18. The van der Waals surface area contributed by atoms with E-state index in [1.807, 2.05) is 13.0 Å². The Morgan fingerprint density at radius 2 is 2.41 bits per heavy atom. The molecule has 0 saturated heterocycles. The van der Waals surface area contributed by atoms with Crippen LogP contribution in [0.4, 0.5) is 5.00 Å². The lowest BCUT2D eigenvalue weighted by atomic mass is 10.4. The molecule has 2 heterocycles. The van der Waals surface area contributed by atoms with E-state index in [4.69, 9.17) is 0 Å². The van der Waals surface area contributed by atoms with Crippen LogP contribution in [0.15, 0.2) is 27.6 Å². The molecule has 7 heteroatoms. The Morgan fingerprint density at radius 1 is 1.59 bits per heavy atom. The lowest BCUT2D eigenvalue weighted by Crippen LogP contribution is -2.20. The summed E-state index contributed by atoms with van der Waals surface area (Å²) in [6.07, 6.45) is 1.74. The van der Waals surface area contributed by atoms with Crippen LogP contribution in [0.5, 0.6) is 0 Å². The Bertz CT molecular complexity index is 565. The summed E-state index contributed by atoms with van der Waals surface area (Å²) in [6.45, 7) is 3.25. The third-order valence-electron chi connectivity index (χ3n) is 2.19. The van der Waals surface area contributed by atoms with E-state index in [0.29, 0.717) is 11.0 Å². The molecule has 0 amide bonds. The molecule has 0 aliphatic heterocycles. The largest absolute Gasteiger partial charge is 0.374 e. The fraction of sp³-hybridized carbons (Fsp3) is 0.300. The minimum Gasteiger partial charge on any atom is -0.374 e. The van der Waals surface area contributed by atoms with Crippen molar-refractivity contribution in [2.45, 2.75) is 13.5 Å². The first-order chi connectivity index (χ1) is 8.22. The second-order valence-electron chi connectivity index (χ2n) is 3.37. The zero-order valence-corrected chi connectivity index (χ0v) is 11.6. The van der Waals surface area contributed by atoms with E-state index >= 15 is 0 Å². The van der Waals surface area contributed by atoms with Gasteiger partial charge in [-0.05, 0) is 35.0 Å². The van der Waals surface area contributed by atoms with Gasteiger partial charge in [0, 0.05) is 24.3 Å². The number of hydrogen-bond acceptors (Lipinski definition) is 5. The number of halogens is 1. The van der Waals surface area contributed by atoms with Crippen molar-refractivity contribution in [3.8, 4) is 0 Å². The number of nitrogens with zero attached hydrogens (tertiary/aromatic N) is 3. The van der Waals surface area contributed by atoms with Crippen molar-refractivity contribution in [3.63, 3.8) is 0 Å². The van der Waals surface area contributed by atoms with Crippen molar-refractivity contribution < 1.29 is 0 Å². The van der Waals surface area contributed by atoms with Gasteiger partial charge < -0.3 is 9.88 Å². The van der Waals surface area contributed by atoms with Gasteiger partial charge in [-0.2, -0.15) is 0 Å². The molecule has 0 unspecified atom stereocenters. The van der Waals surface area contributed by atoms with Crippen LogP contribution in [-0.4, -0.2) is 20.7 Å². The number of rotatable bonds is 4. The summed E-state index contributed by atoms with van der Waals surface area (Å²) in [6, 6.07) is 3.54. The molecule has 0 aromatic carbocycles. The van der Waals surface area contributed by atoms with Crippen LogP contribution in [0.3, 0.4) is 0 Å². The van der Waals surface area contributed by atoms with Crippen molar-refractivity contribution in [1.82, 2.24) is 14.2 Å². The van der Waals surface area contributed by atoms with Gasteiger partial charge in [-0.1, -0.05) is 4.49 Å². The zero-order chi connectivity index (χ0) is 12.3. The highest BCUT2D eigenvalue weighted by molar-refractivity contribution is 9.10. The highest BCUT2D eigenvalue weighted by Gasteiger charge is 2.09. The average Bonchev–Trinajstić information content (AvgIpc) is 2.73. The predicted molar refractivity (Wildman–Crippen MR) is 71.6 cm³/mol. The molecule has 0 atom stereocenters. The Kier molecular flexibility index (Phi) is 3.90. The molecule has 2 aromatic heterocycles. The van der Waals surface area contributed by atoms with Crippen molar-refractivity contribution in [1.29, 1.82) is 0 Å². The van der Waals surface area contributed by atoms with Gasteiger partial charge in [0.2, 0.25) is 0 Å². The van der Waals surface area contributed by atoms with Crippen molar-refractivity contribution in [3.05, 3.63) is 38.9 Å². The molecule has 1 N–H and O–H groups in total. The molecule has 0 fully saturated rings. The molecular formula is C10H11BrN4OS. The fourth-order valence-corrected chi connectivity index (χ4v) is 2.42. The molecule has 0 aliphatic rings. The highest BCUT2D eigenvalue weighted by Crippen LogP contribution is 2.17. The Labute approximate surface area is 111 Å². The molecule has 90 valence electrons. The van der Waals surface area contributed by atoms with Gasteiger partial charge in [0.1, 0.15) is 10.7 Å². The van der Waals surface area contributed by atoms with E-state index in [1.165, 1.54) is 11.5 Å². The summed E-state index contributed by atoms with van der Waals surface area (Å²) >= 11 is 4.52. The van der Waals surface area contributed by atoms with Crippen LogP contribution in [0.1, 0.15) is 12.6 Å². The summed E-state index contributed by atoms with van der Waals surface area (Å²) in [5.41, 5.74) is 0.722. The van der Waals surface area contributed by atoms with Gasteiger partial charge in [-0.25, -0.2) is 0 Å². The maximum Gasteiger partial charge on any atom is 0.265 e. The van der Waals surface area contributed by atoms with E-state index in [1.54, 1.807) is 16.8 Å². The lowest BCUT2D eigenvalue weighted by molar-refractivity contribution is 0.732. The summed E-state index contributed by atoms with van der Waals surface area (Å²) in [7, 11) is 0. The second-order valence-corrected chi connectivity index (χ2v) is 4.98. The summed E-state index contributed by atoms with van der Waals surface area (Å²) in [5, 5.41) is 8.12. The minimum absolute atomic E-state index is 0.0667. The van der Waals surface area contributed by atoms with Crippen LogP contribution in [0, 0.1) is 0 Å². The standard InChI is InChI=1S/C10H11BrN4OS/c1-2-12-9-8(13-14-17-9)6-15-5-3-4-7(11)10(15)16/h3-5,12H,2,6H2,1H3. The normalized spacial score (nSPS) is 10.5. The van der Waals surface area contributed by atoms with Gasteiger partial charge in [-0.3, -0.25) is 4.79 Å². The van der Waals surface area contributed by atoms with Crippen LogP contribution in [0.2, 0.25) is 0 Å². The van der Waals surface area contributed by atoms with Crippen LogP contribution in [-0.2, 0) is 6.54 Å². The topological polar surface area (TPSA) is 59.8 Å². The maximum atomic E-state index is 11.8. The van der Waals surface area contributed by atoms with Crippen LogP contribution < -0.4 is 10.9 Å². The van der Waals surface area contributed by atoms with Gasteiger partial charge in [0.15, 0.2) is 0 Å². The number of aromatic nitrogens is 3. The molecule has 0 radical (unpaired) electrons. The van der Waals surface area contributed by atoms with Crippen molar-refractivity contribution in [2.75, 3.05) is 11.9 Å². The van der Waals surface area contributed by atoms with Gasteiger partial charge in [-0.15, -0.1) is 5.10 Å². The summed E-state index contributed by atoms with van der Waals surface area (Å²) in [5.74, 6) is 0. The van der Waals surface area contributed by atoms with E-state index in [-0.39, 0.29) is 5.56 Å².